The standard InChI is InChI=1S/C19H24N4O/c24-19(20-9-8-14-12-21-22-13-14)16-11-18(15-5-2-1-3-6-15)23-10-4-7-17(16)23/h1-3,5-6,12-13,16-18H,4,7-11H2,(H,20,24)(H,21,22)/t16-,17+,18-/m0/s1. The lowest BCUT2D eigenvalue weighted by molar-refractivity contribution is -0.125. The van der Waals surface area contributed by atoms with Crippen LogP contribution in [-0.2, 0) is 11.2 Å². The van der Waals surface area contributed by atoms with Crippen molar-refractivity contribution in [1.29, 1.82) is 0 Å². The molecule has 0 spiro atoms. The van der Waals surface area contributed by atoms with E-state index in [0.29, 0.717) is 18.6 Å². The lowest BCUT2D eigenvalue weighted by Gasteiger charge is -2.24. The Kier molecular flexibility index (Phi) is 4.34. The number of nitrogens with one attached hydrogen (secondary N) is 2. The molecular formula is C19H24N4O. The van der Waals surface area contributed by atoms with Crippen LogP contribution in [-0.4, -0.2) is 40.1 Å². The number of nitrogens with zero attached hydrogens (tertiary/aromatic N) is 2. The third-order valence-electron chi connectivity index (χ3n) is 5.47. The number of aromatic nitrogens is 2. The van der Waals surface area contributed by atoms with E-state index < -0.39 is 0 Å². The van der Waals surface area contributed by atoms with Gasteiger partial charge in [-0.05, 0) is 43.4 Å². The molecule has 1 aromatic heterocycles. The van der Waals surface area contributed by atoms with Gasteiger partial charge in [0.25, 0.3) is 0 Å². The minimum Gasteiger partial charge on any atom is -0.355 e. The first-order valence-electron chi connectivity index (χ1n) is 8.89. The van der Waals surface area contributed by atoms with Crippen LogP contribution < -0.4 is 5.32 Å². The van der Waals surface area contributed by atoms with Gasteiger partial charge in [0.15, 0.2) is 0 Å². The second-order valence-corrected chi connectivity index (χ2v) is 6.86. The van der Waals surface area contributed by atoms with Gasteiger partial charge in [-0.3, -0.25) is 14.8 Å². The van der Waals surface area contributed by atoms with E-state index in [4.69, 9.17) is 0 Å². The Bertz CT molecular complexity index is 670. The van der Waals surface area contributed by atoms with E-state index in [1.807, 2.05) is 12.4 Å². The summed E-state index contributed by atoms with van der Waals surface area (Å²) in [6.45, 7) is 1.79. The number of carbonyl (C=O) groups excluding carboxylic acids is 1. The molecule has 2 aromatic rings. The molecule has 0 radical (unpaired) electrons. The normalized spacial score (nSPS) is 26.4. The van der Waals surface area contributed by atoms with Crippen LogP contribution in [0.15, 0.2) is 42.7 Å². The van der Waals surface area contributed by atoms with Crippen LogP contribution in [0.1, 0.15) is 36.4 Å². The highest BCUT2D eigenvalue weighted by Gasteiger charge is 2.46. The highest BCUT2D eigenvalue weighted by atomic mass is 16.2. The molecule has 3 atom stereocenters. The SMILES string of the molecule is O=C(NCCc1cn[nH]c1)[C@H]1C[C@@H](c2ccccc2)N2CCC[C@H]12. The Morgan fingerprint density at radius 3 is 3.00 bits per heavy atom. The number of fused-ring (bicyclic) bond motifs is 1. The summed E-state index contributed by atoms with van der Waals surface area (Å²) in [7, 11) is 0. The van der Waals surface area contributed by atoms with E-state index in [9.17, 15) is 4.79 Å². The van der Waals surface area contributed by atoms with Gasteiger partial charge < -0.3 is 5.32 Å². The molecule has 0 unspecified atom stereocenters. The quantitative estimate of drug-likeness (QED) is 0.887. The van der Waals surface area contributed by atoms with Gasteiger partial charge in [0.05, 0.1) is 12.1 Å². The fourth-order valence-corrected chi connectivity index (χ4v) is 4.33. The number of amides is 1. The van der Waals surface area contributed by atoms with Crippen molar-refractivity contribution < 1.29 is 4.79 Å². The van der Waals surface area contributed by atoms with Crippen LogP contribution in [0.3, 0.4) is 0 Å². The summed E-state index contributed by atoms with van der Waals surface area (Å²) in [5.74, 6) is 0.330. The van der Waals surface area contributed by atoms with Gasteiger partial charge >= 0.3 is 0 Å². The summed E-state index contributed by atoms with van der Waals surface area (Å²) in [6.07, 6.45) is 7.80. The largest absolute Gasteiger partial charge is 0.355 e. The van der Waals surface area contributed by atoms with Crippen LogP contribution >= 0.6 is 0 Å². The maximum atomic E-state index is 12.7. The number of hydrogen-bond donors (Lipinski definition) is 2. The fraction of sp³-hybridized carbons (Fsp3) is 0.474. The maximum Gasteiger partial charge on any atom is 0.224 e. The first kappa shape index (κ1) is 15.4. The Hall–Kier alpha value is -2.14. The molecule has 126 valence electrons. The topological polar surface area (TPSA) is 61.0 Å². The molecular weight excluding hydrogens is 300 g/mol. The van der Waals surface area contributed by atoms with Gasteiger partial charge in [0.1, 0.15) is 0 Å². The molecule has 2 aliphatic rings. The van der Waals surface area contributed by atoms with Crippen molar-refractivity contribution in [3.8, 4) is 0 Å². The second-order valence-electron chi connectivity index (χ2n) is 6.86. The average Bonchev–Trinajstić information content (AvgIpc) is 3.33. The molecule has 4 rings (SSSR count). The zero-order valence-corrected chi connectivity index (χ0v) is 13.8. The monoisotopic (exact) mass is 324 g/mol. The van der Waals surface area contributed by atoms with E-state index in [-0.39, 0.29) is 11.8 Å². The number of benzene rings is 1. The Labute approximate surface area is 142 Å². The molecule has 2 saturated heterocycles. The Balaban J connectivity index is 1.40. The number of hydrogen-bond acceptors (Lipinski definition) is 3. The van der Waals surface area contributed by atoms with E-state index >= 15 is 0 Å². The third-order valence-corrected chi connectivity index (χ3v) is 5.47. The second kappa shape index (κ2) is 6.77. The van der Waals surface area contributed by atoms with E-state index in [2.05, 4.69) is 50.7 Å². The summed E-state index contributed by atoms with van der Waals surface area (Å²) in [4.78, 5) is 15.3. The average molecular weight is 324 g/mol. The molecule has 1 aromatic carbocycles. The van der Waals surface area contributed by atoms with Gasteiger partial charge in [-0.2, -0.15) is 5.10 Å². The van der Waals surface area contributed by atoms with Crippen LogP contribution in [0.25, 0.3) is 0 Å². The van der Waals surface area contributed by atoms with E-state index in [0.717, 1.165) is 31.4 Å². The number of aromatic amines is 1. The van der Waals surface area contributed by atoms with Crippen LogP contribution in [0.2, 0.25) is 0 Å². The molecule has 2 fully saturated rings. The van der Waals surface area contributed by atoms with Crippen molar-refractivity contribution in [2.24, 2.45) is 5.92 Å². The molecule has 0 saturated carbocycles. The van der Waals surface area contributed by atoms with Crippen LogP contribution in [0.5, 0.6) is 0 Å². The summed E-state index contributed by atoms with van der Waals surface area (Å²) in [5.41, 5.74) is 2.48. The van der Waals surface area contributed by atoms with Crippen LogP contribution in [0, 0.1) is 5.92 Å². The fourth-order valence-electron chi connectivity index (χ4n) is 4.33. The zero-order chi connectivity index (χ0) is 16.4. The van der Waals surface area contributed by atoms with E-state index in [1.54, 1.807) is 0 Å². The Morgan fingerprint density at radius 2 is 2.21 bits per heavy atom. The molecule has 5 nitrogen and oxygen atoms in total. The van der Waals surface area contributed by atoms with Crippen molar-refractivity contribution in [2.45, 2.75) is 37.8 Å². The van der Waals surface area contributed by atoms with Crippen molar-refractivity contribution in [1.82, 2.24) is 20.4 Å². The zero-order valence-electron chi connectivity index (χ0n) is 13.8. The maximum absolute atomic E-state index is 12.7. The van der Waals surface area contributed by atoms with Crippen LogP contribution in [0.4, 0.5) is 0 Å². The van der Waals surface area contributed by atoms with Gasteiger partial charge in [0, 0.05) is 24.8 Å². The summed E-state index contributed by atoms with van der Waals surface area (Å²) >= 11 is 0. The summed E-state index contributed by atoms with van der Waals surface area (Å²) < 4.78 is 0. The molecule has 24 heavy (non-hydrogen) atoms. The minimum absolute atomic E-state index is 0.113. The Morgan fingerprint density at radius 1 is 1.33 bits per heavy atom. The summed E-state index contributed by atoms with van der Waals surface area (Å²) in [6, 6.07) is 11.4. The molecule has 2 aliphatic heterocycles. The summed E-state index contributed by atoms with van der Waals surface area (Å²) in [5, 5.41) is 9.89. The van der Waals surface area contributed by atoms with E-state index in [1.165, 1.54) is 12.0 Å². The van der Waals surface area contributed by atoms with Gasteiger partial charge in [-0.25, -0.2) is 0 Å². The third kappa shape index (κ3) is 2.96. The number of rotatable bonds is 5. The van der Waals surface area contributed by atoms with Crippen molar-refractivity contribution >= 4 is 5.91 Å². The molecule has 5 heteroatoms. The highest BCUT2D eigenvalue weighted by Crippen LogP contribution is 2.44. The molecule has 3 heterocycles. The molecule has 0 bridgehead atoms. The van der Waals surface area contributed by atoms with Gasteiger partial charge in [-0.1, -0.05) is 30.3 Å². The first-order chi connectivity index (χ1) is 11.8. The molecule has 2 N–H and O–H groups in total. The predicted octanol–water partition coefficient (Wildman–Crippen LogP) is 2.29. The van der Waals surface area contributed by atoms with Gasteiger partial charge in [0.2, 0.25) is 5.91 Å². The van der Waals surface area contributed by atoms with Crippen molar-refractivity contribution in [2.75, 3.05) is 13.1 Å². The number of H-pyrrole nitrogens is 1. The smallest absolute Gasteiger partial charge is 0.224 e. The molecule has 1 amide bonds. The predicted molar refractivity (Wildman–Crippen MR) is 92.3 cm³/mol. The lowest BCUT2D eigenvalue weighted by Crippen LogP contribution is -2.38. The number of carbonyl (C=O) groups is 1. The lowest BCUT2D eigenvalue weighted by atomic mass is 9.93. The minimum atomic E-state index is 0.113. The van der Waals surface area contributed by atoms with Gasteiger partial charge in [-0.15, -0.1) is 0 Å². The highest BCUT2D eigenvalue weighted by molar-refractivity contribution is 5.80. The van der Waals surface area contributed by atoms with Crippen molar-refractivity contribution in [3.63, 3.8) is 0 Å². The first-order valence-corrected chi connectivity index (χ1v) is 8.89. The molecule has 0 aliphatic carbocycles. The van der Waals surface area contributed by atoms with Crippen molar-refractivity contribution in [3.05, 3.63) is 53.9 Å².